The van der Waals surface area contributed by atoms with E-state index in [0.29, 0.717) is 10.0 Å². The molecule has 208 valence electrons. The van der Waals surface area contributed by atoms with Gasteiger partial charge in [0.1, 0.15) is 0 Å². The average molecular weight is 585 g/mol. The Morgan fingerprint density at radius 2 is 1.76 bits per heavy atom. The van der Waals surface area contributed by atoms with Crippen LogP contribution in [0.5, 0.6) is 0 Å². The maximum Gasteiger partial charge on any atom is 0.304 e. The molecule has 0 unspecified atom stereocenters. The fraction of sp³-hybridized carbons (Fsp3) is 0.500. The Morgan fingerprint density at radius 3 is 2.32 bits per heavy atom. The molecule has 0 aliphatic carbocycles. The molecule has 3 rings (SSSR count). The first-order valence-corrected chi connectivity index (χ1v) is 15.1. The van der Waals surface area contributed by atoms with E-state index in [4.69, 9.17) is 23.2 Å². The SMILES string of the molecule is C[C@@H](CCS(=O)(=O)CC(C)(C)O)N1C(=O)[C@@](C)(CC(=O)O)C[C@H](c2cccc(Cl)c2)[C@H]1c1ccc(Cl)cc1. The number of carbonyl (C=O) groups excluding carboxylic acids is 1. The van der Waals surface area contributed by atoms with Crippen LogP contribution in [0.25, 0.3) is 0 Å². The Labute approximate surface area is 234 Å². The van der Waals surface area contributed by atoms with Crippen molar-refractivity contribution in [2.24, 2.45) is 5.41 Å². The summed E-state index contributed by atoms with van der Waals surface area (Å²) in [6.45, 7) is 6.31. The summed E-state index contributed by atoms with van der Waals surface area (Å²) in [5.41, 5.74) is -0.945. The van der Waals surface area contributed by atoms with Crippen molar-refractivity contribution in [1.82, 2.24) is 4.90 Å². The number of aliphatic carboxylic acids is 1. The molecule has 2 N–H and O–H groups in total. The molecule has 0 bridgehead atoms. The highest BCUT2D eigenvalue weighted by atomic mass is 35.5. The Hall–Kier alpha value is -2.13. The van der Waals surface area contributed by atoms with Gasteiger partial charge in [0.05, 0.1) is 35.0 Å². The molecule has 4 atom stereocenters. The molecule has 1 amide bonds. The number of aliphatic hydroxyl groups is 1. The molecule has 0 radical (unpaired) electrons. The zero-order valence-corrected chi connectivity index (χ0v) is 24.4. The molecule has 0 aromatic heterocycles. The van der Waals surface area contributed by atoms with E-state index in [1.54, 1.807) is 36.9 Å². The van der Waals surface area contributed by atoms with Crippen LogP contribution in [0.4, 0.5) is 0 Å². The predicted molar refractivity (Wildman–Crippen MR) is 149 cm³/mol. The van der Waals surface area contributed by atoms with Crippen LogP contribution in [0.3, 0.4) is 0 Å². The summed E-state index contributed by atoms with van der Waals surface area (Å²) in [5.74, 6) is -2.37. The molecule has 2 aromatic rings. The van der Waals surface area contributed by atoms with Gasteiger partial charge in [0, 0.05) is 22.0 Å². The molecule has 10 heteroatoms. The number of benzene rings is 2. The number of sulfone groups is 1. The van der Waals surface area contributed by atoms with Gasteiger partial charge in [0.25, 0.3) is 0 Å². The zero-order chi connectivity index (χ0) is 28.5. The smallest absolute Gasteiger partial charge is 0.304 e. The molecule has 1 fully saturated rings. The second-order valence-electron chi connectivity index (χ2n) is 11.2. The lowest BCUT2D eigenvalue weighted by atomic mass is 9.67. The van der Waals surface area contributed by atoms with Crippen LogP contribution in [0.2, 0.25) is 10.0 Å². The van der Waals surface area contributed by atoms with Gasteiger partial charge in [-0.3, -0.25) is 9.59 Å². The van der Waals surface area contributed by atoms with E-state index in [0.717, 1.165) is 11.1 Å². The van der Waals surface area contributed by atoms with Crippen molar-refractivity contribution in [2.45, 2.75) is 70.6 Å². The minimum absolute atomic E-state index is 0.125. The molecule has 0 spiro atoms. The highest BCUT2D eigenvalue weighted by Gasteiger charge is 2.51. The number of hydrogen-bond donors (Lipinski definition) is 2. The Bertz CT molecular complexity index is 1270. The highest BCUT2D eigenvalue weighted by Crippen LogP contribution is 2.52. The van der Waals surface area contributed by atoms with Crippen molar-refractivity contribution >= 4 is 44.9 Å². The summed E-state index contributed by atoms with van der Waals surface area (Å²) in [6, 6.07) is 13.4. The summed E-state index contributed by atoms with van der Waals surface area (Å²) in [6.07, 6.45) is 0.0299. The lowest BCUT2D eigenvalue weighted by molar-refractivity contribution is -0.160. The Kier molecular flexibility index (Phi) is 9.24. The molecular weight excluding hydrogens is 549 g/mol. The molecule has 1 aliphatic rings. The number of hydrogen-bond acceptors (Lipinski definition) is 5. The molecule has 1 heterocycles. The minimum Gasteiger partial charge on any atom is -0.481 e. The molecule has 0 saturated carbocycles. The first kappa shape index (κ1) is 30.4. The number of halogens is 2. The van der Waals surface area contributed by atoms with Gasteiger partial charge < -0.3 is 15.1 Å². The number of carboxylic acids is 1. The van der Waals surface area contributed by atoms with E-state index in [1.807, 2.05) is 30.3 Å². The number of carboxylic acid groups (broad SMARTS) is 1. The van der Waals surface area contributed by atoms with Gasteiger partial charge in [-0.1, -0.05) is 54.4 Å². The zero-order valence-electron chi connectivity index (χ0n) is 22.0. The fourth-order valence-corrected chi connectivity index (χ4v) is 7.71. The third-order valence-electron chi connectivity index (χ3n) is 7.03. The van der Waals surface area contributed by atoms with Gasteiger partial charge in [-0.05, 0) is 69.0 Å². The second kappa shape index (κ2) is 11.5. The number of piperidine rings is 1. The maximum atomic E-state index is 14.1. The van der Waals surface area contributed by atoms with Crippen LogP contribution in [0, 0.1) is 5.41 Å². The molecule has 38 heavy (non-hydrogen) atoms. The second-order valence-corrected chi connectivity index (χ2v) is 14.3. The van der Waals surface area contributed by atoms with E-state index in [-0.39, 0.29) is 36.8 Å². The number of likely N-dealkylation sites (tertiary alicyclic amines) is 1. The van der Waals surface area contributed by atoms with E-state index in [1.165, 1.54) is 13.8 Å². The van der Waals surface area contributed by atoms with Crippen molar-refractivity contribution < 1.29 is 28.2 Å². The van der Waals surface area contributed by atoms with Crippen LogP contribution in [-0.4, -0.2) is 58.6 Å². The summed E-state index contributed by atoms with van der Waals surface area (Å²) in [7, 11) is -3.61. The molecule has 1 aliphatic heterocycles. The summed E-state index contributed by atoms with van der Waals surface area (Å²) < 4.78 is 25.5. The monoisotopic (exact) mass is 583 g/mol. The molecule has 2 aromatic carbocycles. The largest absolute Gasteiger partial charge is 0.481 e. The quantitative estimate of drug-likeness (QED) is 0.382. The topological polar surface area (TPSA) is 112 Å². The van der Waals surface area contributed by atoms with Crippen molar-refractivity contribution in [3.8, 4) is 0 Å². The molecule has 1 saturated heterocycles. The standard InChI is InChI=1S/C28H35Cl2NO6S/c1-18(12-13-38(36,37)17-27(2,3)35)31-25(19-8-10-21(29)11-9-19)23(20-6-5-7-22(30)14-20)15-28(4,26(31)34)16-24(32)33/h5-11,14,18,23,25,35H,12-13,15-17H2,1-4H3,(H,32,33)/t18-,23+,25+,28+/m0/s1. The van der Waals surface area contributed by atoms with E-state index in [2.05, 4.69) is 0 Å². The van der Waals surface area contributed by atoms with Gasteiger partial charge in [-0.25, -0.2) is 8.42 Å². The number of nitrogens with zero attached hydrogens (tertiary/aromatic N) is 1. The number of rotatable bonds is 10. The highest BCUT2D eigenvalue weighted by molar-refractivity contribution is 7.91. The number of carbonyl (C=O) groups is 2. The van der Waals surface area contributed by atoms with E-state index in [9.17, 15) is 28.2 Å². The summed E-state index contributed by atoms with van der Waals surface area (Å²) in [5, 5.41) is 20.8. The van der Waals surface area contributed by atoms with Crippen LogP contribution < -0.4 is 0 Å². The van der Waals surface area contributed by atoms with E-state index >= 15 is 0 Å². The molecular formula is C28H35Cl2NO6S. The normalized spacial score (nSPS) is 23.3. The van der Waals surface area contributed by atoms with Crippen LogP contribution in [-0.2, 0) is 19.4 Å². The Morgan fingerprint density at radius 1 is 1.13 bits per heavy atom. The Balaban J connectivity index is 2.11. The van der Waals surface area contributed by atoms with Crippen molar-refractivity contribution in [3.63, 3.8) is 0 Å². The van der Waals surface area contributed by atoms with Gasteiger partial charge in [0.2, 0.25) is 5.91 Å². The number of amides is 1. The first-order chi connectivity index (χ1) is 17.5. The lowest BCUT2D eigenvalue weighted by Gasteiger charge is -2.51. The third-order valence-corrected chi connectivity index (χ3v) is 9.52. The van der Waals surface area contributed by atoms with Crippen LogP contribution in [0.15, 0.2) is 48.5 Å². The van der Waals surface area contributed by atoms with Crippen molar-refractivity contribution in [2.75, 3.05) is 11.5 Å². The maximum absolute atomic E-state index is 14.1. The lowest BCUT2D eigenvalue weighted by Crippen LogP contribution is -2.55. The van der Waals surface area contributed by atoms with Gasteiger partial charge in [0.15, 0.2) is 9.84 Å². The fourth-order valence-electron chi connectivity index (χ4n) is 5.46. The van der Waals surface area contributed by atoms with Gasteiger partial charge in [-0.15, -0.1) is 0 Å². The average Bonchev–Trinajstić information content (AvgIpc) is 2.78. The van der Waals surface area contributed by atoms with Crippen LogP contribution >= 0.6 is 23.2 Å². The third kappa shape index (κ3) is 7.50. The molecule has 7 nitrogen and oxygen atoms in total. The van der Waals surface area contributed by atoms with Gasteiger partial charge >= 0.3 is 5.97 Å². The van der Waals surface area contributed by atoms with Crippen molar-refractivity contribution in [3.05, 3.63) is 69.7 Å². The van der Waals surface area contributed by atoms with E-state index < -0.39 is 44.7 Å². The van der Waals surface area contributed by atoms with Crippen LogP contribution in [0.1, 0.15) is 70.0 Å². The van der Waals surface area contributed by atoms with Crippen molar-refractivity contribution in [1.29, 1.82) is 0 Å². The summed E-state index contributed by atoms with van der Waals surface area (Å²) >= 11 is 12.5. The first-order valence-electron chi connectivity index (χ1n) is 12.5. The predicted octanol–water partition coefficient (Wildman–Crippen LogP) is 5.50. The summed E-state index contributed by atoms with van der Waals surface area (Å²) in [4.78, 5) is 27.6. The minimum atomic E-state index is -3.61. The van der Waals surface area contributed by atoms with Gasteiger partial charge in [-0.2, -0.15) is 0 Å².